The van der Waals surface area contributed by atoms with E-state index >= 15 is 0 Å². The van der Waals surface area contributed by atoms with Crippen molar-refractivity contribution in [2.45, 2.75) is 78.9 Å². The van der Waals surface area contributed by atoms with Crippen molar-refractivity contribution in [3.8, 4) is 29.5 Å². The first-order chi connectivity index (χ1) is 22.4. The van der Waals surface area contributed by atoms with Gasteiger partial charge in [0, 0.05) is 5.56 Å². The highest BCUT2D eigenvalue weighted by molar-refractivity contribution is 6.48. The van der Waals surface area contributed by atoms with E-state index in [2.05, 4.69) is 65.9 Å². The highest BCUT2D eigenvalue weighted by Crippen LogP contribution is 2.40. The number of rotatable bonds is 14. The molecule has 9 heteroatoms. The van der Waals surface area contributed by atoms with Gasteiger partial charge in [-0.25, -0.2) is 0 Å². The van der Waals surface area contributed by atoms with Crippen LogP contribution in [0.3, 0.4) is 0 Å². The van der Waals surface area contributed by atoms with Crippen LogP contribution in [0.5, 0.6) is 23.4 Å². The first kappa shape index (κ1) is 35.5. The van der Waals surface area contributed by atoms with Gasteiger partial charge >= 0.3 is 6.01 Å². The first-order valence-corrected chi connectivity index (χ1v) is 18.2. The lowest BCUT2D eigenvalue weighted by Crippen LogP contribution is -2.26. The van der Waals surface area contributed by atoms with Gasteiger partial charge in [-0.3, -0.25) is 0 Å². The van der Waals surface area contributed by atoms with Crippen molar-refractivity contribution in [2.24, 2.45) is 5.41 Å². The minimum absolute atomic E-state index is 0.0402. The molecule has 0 fully saturated rings. The van der Waals surface area contributed by atoms with Crippen LogP contribution in [-0.4, -0.2) is 33.2 Å². The van der Waals surface area contributed by atoms with Crippen LogP contribution >= 0.6 is 0 Å². The minimum atomic E-state index is -0.980. The van der Waals surface area contributed by atoms with Gasteiger partial charge in [-0.2, -0.15) is 15.2 Å². The van der Waals surface area contributed by atoms with Gasteiger partial charge in [0.25, 0.3) is 0 Å². The molecule has 0 aliphatic carbocycles. The molecule has 0 saturated heterocycles. The third-order valence-corrected chi connectivity index (χ3v) is 8.36. The average molecular weight is 653 g/mol. The van der Waals surface area contributed by atoms with Crippen molar-refractivity contribution in [3.63, 3.8) is 0 Å². The lowest BCUT2D eigenvalue weighted by Gasteiger charge is -2.33. The molecule has 4 rings (SSSR count). The first-order valence-electron chi connectivity index (χ1n) is 15.8. The van der Waals surface area contributed by atoms with Crippen LogP contribution in [0.1, 0.15) is 86.1 Å². The summed E-state index contributed by atoms with van der Waals surface area (Å²) in [6, 6.07) is 26.1. The third kappa shape index (κ3) is 9.34. The fourth-order valence-electron chi connectivity index (χ4n) is 5.30. The summed E-state index contributed by atoms with van der Waals surface area (Å²) in [6.45, 7) is 15.4. The maximum absolute atomic E-state index is 10.7. The number of aromatic nitrogens is 2. The zero-order chi connectivity index (χ0) is 34.1. The van der Waals surface area contributed by atoms with Crippen molar-refractivity contribution in [1.29, 1.82) is 5.26 Å². The summed E-state index contributed by atoms with van der Waals surface area (Å²) in [5, 5.41) is 10.7. The molecule has 247 valence electrons. The van der Waals surface area contributed by atoms with E-state index in [1.165, 1.54) is 0 Å². The number of hydrogen-bond acceptors (Lipinski definition) is 8. The van der Waals surface area contributed by atoms with Crippen LogP contribution in [0, 0.1) is 16.7 Å². The molecule has 0 saturated carbocycles. The Morgan fingerprint density at radius 3 is 1.83 bits per heavy atom. The van der Waals surface area contributed by atoms with Gasteiger partial charge < -0.3 is 23.4 Å². The highest BCUT2D eigenvalue weighted by atomic mass is 28.3. The second-order valence-corrected chi connectivity index (χ2v) is 15.1. The molecule has 0 N–H and O–H groups in total. The third-order valence-electron chi connectivity index (χ3n) is 7.65. The summed E-state index contributed by atoms with van der Waals surface area (Å²) < 4.78 is 29.6. The summed E-state index contributed by atoms with van der Waals surface area (Å²) in [6.07, 6.45) is -0.118. The molecule has 2 atom stereocenters. The minimum Gasteiger partial charge on any atom is -0.497 e. The largest absolute Gasteiger partial charge is 0.497 e. The van der Waals surface area contributed by atoms with Gasteiger partial charge in [0.2, 0.25) is 14.9 Å². The lowest BCUT2D eigenvalue weighted by atomic mass is 9.83. The van der Waals surface area contributed by atoms with Gasteiger partial charge in [-0.15, -0.1) is 0 Å². The summed E-state index contributed by atoms with van der Waals surface area (Å²) in [5.74, 6) is 1.18. The number of ether oxygens (including phenoxy) is 4. The van der Waals surface area contributed by atoms with E-state index in [0.717, 1.165) is 39.3 Å². The standard InChI is InChI=1S/C38H46N3O5Si/c1-25(2)33-34(32(22-39)28-11-10-12-29(21-28)35(38(3,4)5)46-47(8)9)40-37(45-24-27-15-19-31(43-7)20-16-27)41-36(33)44-23-26-13-17-30(42-6)18-14-26/h10-21,25,32,35H,23-24H2,1-9H3. The molecule has 4 aromatic rings. The molecule has 0 aliphatic heterocycles. The van der Waals surface area contributed by atoms with E-state index in [1.807, 2.05) is 60.7 Å². The van der Waals surface area contributed by atoms with Crippen LogP contribution in [0.2, 0.25) is 13.1 Å². The molecule has 47 heavy (non-hydrogen) atoms. The van der Waals surface area contributed by atoms with E-state index in [-0.39, 0.29) is 36.7 Å². The van der Waals surface area contributed by atoms with Gasteiger partial charge in [-0.05, 0) is 70.9 Å². The van der Waals surface area contributed by atoms with Crippen molar-refractivity contribution in [1.82, 2.24) is 9.97 Å². The Labute approximate surface area is 281 Å². The van der Waals surface area contributed by atoms with E-state index in [0.29, 0.717) is 11.6 Å². The quantitative estimate of drug-likeness (QED) is 0.125. The fourth-order valence-corrected chi connectivity index (χ4v) is 6.26. The Kier molecular flexibility index (Phi) is 12.0. The number of methoxy groups -OCH3 is 2. The molecule has 0 aliphatic rings. The van der Waals surface area contributed by atoms with E-state index in [9.17, 15) is 5.26 Å². The summed E-state index contributed by atoms with van der Waals surface area (Å²) in [5.41, 5.74) is 4.93. The number of nitrogens with zero attached hydrogens (tertiary/aromatic N) is 3. The van der Waals surface area contributed by atoms with Crippen LogP contribution < -0.4 is 18.9 Å². The van der Waals surface area contributed by atoms with Crippen LogP contribution in [0.25, 0.3) is 0 Å². The van der Waals surface area contributed by atoms with Crippen molar-refractivity contribution in [2.75, 3.05) is 14.2 Å². The van der Waals surface area contributed by atoms with Gasteiger partial charge in [0.1, 0.15) is 30.6 Å². The molecule has 0 bridgehead atoms. The molecule has 2 unspecified atom stereocenters. The molecular formula is C38H46N3O5Si. The van der Waals surface area contributed by atoms with E-state index in [4.69, 9.17) is 33.3 Å². The second kappa shape index (κ2) is 15.9. The zero-order valence-electron chi connectivity index (χ0n) is 29.0. The maximum Gasteiger partial charge on any atom is 0.320 e. The molecule has 8 nitrogen and oxygen atoms in total. The molecule has 0 amide bonds. The lowest BCUT2D eigenvalue weighted by molar-refractivity contribution is 0.0865. The summed E-state index contributed by atoms with van der Waals surface area (Å²) in [7, 11) is 2.29. The van der Waals surface area contributed by atoms with Crippen LogP contribution in [0.4, 0.5) is 0 Å². The van der Waals surface area contributed by atoms with Crippen molar-refractivity contribution >= 4 is 9.04 Å². The van der Waals surface area contributed by atoms with Crippen molar-refractivity contribution < 1.29 is 23.4 Å². The number of benzene rings is 3. The Morgan fingerprint density at radius 1 is 0.787 bits per heavy atom. The summed E-state index contributed by atoms with van der Waals surface area (Å²) in [4.78, 5) is 9.64. The van der Waals surface area contributed by atoms with Gasteiger partial charge in [-0.1, -0.05) is 83.1 Å². The normalized spacial score (nSPS) is 12.8. The molecule has 3 aromatic carbocycles. The topological polar surface area (TPSA) is 95.7 Å². The van der Waals surface area contributed by atoms with Crippen LogP contribution in [0.15, 0.2) is 72.8 Å². The summed E-state index contributed by atoms with van der Waals surface area (Å²) >= 11 is 0. The SMILES string of the molecule is COc1ccc(COc2nc(OCc3ccc(OC)cc3)c(C(C)C)c(C(C#N)c3cccc(C(O[Si](C)C)C(C)(C)C)c3)n2)cc1. The Balaban J connectivity index is 1.78. The van der Waals surface area contributed by atoms with Crippen molar-refractivity contribution in [3.05, 3.63) is 106 Å². The second-order valence-electron chi connectivity index (χ2n) is 13.0. The predicted octanol–water partition coefficient (Wildman–Crippen LogP) is 8.79. The number of nitriles is 1. The fraction of sp³-hybridized carbons (Fsp3) is 0.395. The van der Waals surface area contributed by atoms with Gasteiger partial charge in [0.05, 0.1) is 32.1 Å². The molecule has 1 aromatic heterocycles. The average Bonchev–Trinajstić information content (AvgIpc) is 3.05. The van der Waals surface area contributed by atoms with Gasteiger partial charge in [0.15, 0.2) is 0 Å². The van der Waals surface area contributed by atoms with E-state index < -0.39 is 15.0 Å². The van der Waals surface area contributed by atoms with E-state index in [1.54, 1.807) is 14.2 Å². The highest BCUT2D eigenvalue weighted by Gasteiger charge is 2.31. The monoisotopic (exact) mass is 652 g/mol. The number of hydrogen-bond donors (Lipinski definition) is 0. The predicted molar refractivity (Wildman–Crippen MR) is 185 cm³/mol. The Hall–Kier alpha value is -4.39. The molecular weight excluding hydrogens is 607 g/mol. The molecule has 0 spiro atoms. The van der Waals surface area contributed by atoms with Crippen LogP contribution in [-0.2, 0) is 17.6 Å². The zero-order valence-corrected chi connectivity index (χ0v) is 30.0. The Bertz CT molecular complexity index is 1640. The smallest absolute Gasteiger partial charge is 0.320 e. The maximum atomic E-state index is 10.7. The molecule has 1 radical (unpaired) electrons. The molecule has 1 heterocycles. The Morgan fingerprint density at radius 2 is 1.34 bits per heavy atom.